The number of piperidine rings is 1. The number of allylic oxidation sites excluding steroid dienone is 1. The van der Waals surface area contributed by atoms with E-state index in [-0.39, 0.29) is 18.4 Å². The lowest BCUT2D eigenvalue weighted by atomic mass is 9.82. The molecule has 2 N–H and O–H groups in total. The predicted molar refractivity (Wildman–Crippen MR) is 167 cm³/mol. The molecular formula is C33H45ClN4O4. The van der Waals surface area contributed by atoms with Crippen LogP contribution in [0, 0.1) is 5.41 Å². The third kappa shape index (κ3) is 7.98. The van der Waals surface area contributed by atoms with Gasteiger partial charge in [-0.1, -0.05) is 35.4 Å². The molecule has 3 aliphatic rings. The van der Waals surface area contributed by atoms with Gasteiger partial charge in [0.1, 0.15) is 6.29 Å². The molecule has 3 heterocycles. The van der Waals surface area contributed by atoms with Gasteiger partial charge < -0.3 is 20.0 Å². The summed E-state index contributed by atoms with van der Waals surface area (Å²) >= 11 is 6.71. The van der Waals surface area contributed by atoms with Gasteiger partial charge in [0, 0.05) is 69.6 Å². The number of hydrogen-bond acceptors (Lipinski definition) is 7. The second-order valence-corrected chi connectivity index (χ2v) is 12.0. The van der Waals surface area contributed by atoms with Crippen LogP contribution in [0.15, 0.2) is 48.2 Å². The van der Waals surface area contributed by atoms with Crippen LogP contribution in [-0.2, 0) is 16.1 Å². The van der Waals surface area contributed by atoms with Gasteiger partial charge in [-0.15, -0.1) is 0 Å². The number of methoxy groups -OCH3 is 1. The minimum Gasteiger partial charge on any atom is -0.481 e. The quantitative estimate of drug-likeness (QED) is 0.298. The molecule has 1 aliphatic carbocycles. The van der Waals surface area contributed by atoms with Crippen molar-refractivity contribution in [3.8, 4) is 17.0 Å². The van der Waals surface area contributed by atoms with E-state index >= 15 is 0 Å². The third-order valence-electron chi connectivity index (χ3n) is 8.88. The minimum absolute atomic E-state index is 0.0220. The Morgan fingerprint density at radius 1 is 1.17 bits per heavy atom. The van der Waals surface area contributed by atoms with Crippen molar-refractivity contribution >= 4 is 23.8 Å². The molecule has 1 atom stereocenters. The molecule has 2 aromatic rings. The Kier molecular flexibility index (Phi) is 12.0. The van der Waals surface area contributed by atoms with E-state index in [0.717, 1.165) is 69.1 Å². The van der Waals surface area contributed by atoms with Crippen LogP contribution < -0.4 is 10.1 Å². The smallest absolute Gasteiger partial charge is 0.228 e. The molecule has 228 valence electrons. The van der Waals surface area contributed by atoms with Crippen LogP contribution in [0.1, 0.15) is 56.9 Å². The van der Waals surface area contributed by atoms with Crippen LogP contribution in [0.25, 0.3) is 11.1 Å². The zero-order valence-corrected chi connectivity index (χ0v) is 25.7. The molecule has 8 nitrogen and oxygen atoms in total. The first-order chi connectivity index (χ1) is 20.5. The van der Waals surface area contributed by atoms with Crippen molar-refractivity contribution in [1.29, 1.82) is 0 Å². The van der Waals surface area contributed by atoms with E-state index in [2.05, 4.69) is 32.2 Å². The standard InChI is InChI=1S/C32H41ClN4O3.CH4O/c1-40-30-20-25(10-15-34-30)27-8-5-9-29(33)28(27)22-37-18-13-32(23-37,14-19-38)31(39)35-26-11-16-36(17-12-26)21-24-6-3-2-4-7-24;1-2/h5-6,8-10,15,19-20,26H,2-4,7,11-14,16-18,21-23H2,1H3,(H,35,39);2H,1H3/t32-;/m1./s1. The average Bonchev–Trinajstić information content (AvgIpc) is 3.44. The van der Waals surface area contributed by atoms with Gasteiger partial charge in [0.2, 0.25) is 11.8 Å². The van der Waals surface area contributed by atoms with Gasteiger partial charge in [-0.25, -0.2) is 4.98 Å². The number of likely N-dealkylation sites (tertiary alicyclic amines) is 2. The molecule has 2 fully saturated rings. The summed E-state index contributed by atoms with van der Waals surface area (Å²) in [6, 6.07) is 9.91. The lowest BCUT2D eigenvalue weighted by Gasteiger charge is -2.35. The van der Waals surface area contributed by atoms with Gasteiger partial charge in [0.15, 0.2) is 0 Å². The first-order valence-electron chi connectivity index (χ1n) is 15.1. The summed E-state index contributed by atoms with van der Waals surface area (Å²) in [6.45, 7) is 4.95. The lowest BCUT2D eigenvalue weighted by Crippen LogP contribution is -2.51. The molecule has 0 spiro atoms. The number of carbonyl (C=O) groups is 2. The number of aromatic nitrogens is 1. The number of amides is 1. The number of aliphatic hydroxyl groups is 1. The molecule has 0 unspecified atom stereocenters. The van der Waals surface area contributed by atoms with E-state index in [0.29, 0.717) is 30.4 Å². The molecule has 1 aromatic carbocycles. The molecule has 9 heteroatoms. The van der Waals surface area contributed by atoms with E-state index in [9.17, 15) is 9.59 Å². The number of ether oxygens (including phenoxy) is 1. The van der Waals surface area contributed by atoms with Crippen molar-refractivity contribution in [3.63, 3.8) is 0 Å². The highest BCUT2D eigenvalue weighted by Crippen LogP contribution is 2.38. The number of benzene rings is 1. The van der Waals surface area contributed by atoms with Crippen LogP contribution in [0.4, 0.5) is 0 Å². The molecule has 0 radical (unpaired) electrons. The fraction of sp³-hybridized carbons (Fsp3) is 0.545. The molecule has 42 heavy (non-hydrogen) atoms. The largest absolute Gasteiger partial charge is 0.481 e. The van der Waals surface area contributed by atoms with E-state index < -0.39 is 5.41 Å². The first-order valence-corrected chi connectivity index (χ1v) is 15.5. The number of halogens is 1. The van der Waals surface area contributed by atoms with Gasteiger partial charge in [0.05, 0.1) is 12.5 Å². The van der Waals surface area contributed by atoms with Gasteiger partial charge >= 0.3 is 0 Å². The lowest BCUT2D eigenvalue weighted by molar-refractivity contribution is -0.133. The van der Waals surface area contributed by atoms with Crippen LogP contribution >= 0.6 is 11.6 Å². The Morgan fingerprint density at radius 3 is 2.69 bits per heavy atom. The highest BCUT2D eigenvalue weighted by molar-refractivity contribution is 6.31. The maximum atomic E-state index is 13.7. The summed E-state index contributed by atoms with van der Waals surface area (Å²) in [4.78, 5) is 34.5. The van der Waals surface area contributed by atoms with E-state index in [1.54, 1.807) is 18.9 Å². The molecule has 2 aliphatic heterocycles. The number of rotatable bonds is 10. The first kappa shape index (κ1) is 32.1. The van der Waals surface area contributed by atoms with Crippen LogP contribution in [0.2, 0.25) is 5.02 Å². The number of aldehydes is 1. The molecule has 2 saturated heterocycles. The zero-order chi connectivity index (χ0) is 30.0. The minimum atomic E-state index is -0.701. The maximum Gasteiger partial charge on any atom is 0.228 e. The Bertz CT molecular complexity index is 1230. The summed E-state index contributed by atoms with van der Waals surface area (Å²) in [5.41, 5.74) is 3.87. The Labute approximate surface area is 255 Å². The molecular weight excluding hydrogens is 552 g/mol. The van der Waals surface area contributed by atoms with Crippen LogP contribution in [-0.4, -0.2) is 85.1 Å². The number of aliphatic hydroxyl groups excluding tert-OH is 1. The summed E-state index contributed by atoms with van der Waals surface area (Å²) in [7, 11) is 2.60. The second kappa shape index (κ2) is 15.6. The van der Waals surface area contributed by atoms with Crippen molar-refractivity contribution in [1.82, 2.24) is 20.1 Å². The Balaban J connectivity index is 0.00000198. The normalized spacial score (nSPS) is 21.7. The number of nitrogens with one attached hydrogen (secondary N) is 1. The molecule has 1 aromatic heterocycles. The zero-order valence-electron chi connectivity index (χ0n) is 25.0. The number of carbonyl (C=O) groups excluding carboxylic acids is 2. The second-order valence-electron chi connectivity index (χ2n) is 11.6. The van der Waals surface area contributed by atoms with Gasteiger partial charge in [-0.05, 0) is 80.3 Å². The summed E-state index contributed by atoms with van der Waals surface area (Å²) in [6.07, 6.45) is 12.9. The number of nitrogens with zero attached hydrogens (tertiary/aromatic N) is 3. The van der Waals surface area contributed by atoms with E-state index in [4.69, 9.17) is 21.4 Å². The molecule has 1 amide bonds. The van der Waals surface area contributed by atoms with Gasteiger partial charge in [-0.3, -0.25) is 14.6 Å². The average molecular weight is 597 g/mol. The topological polar surface area (TPSA) is 95.0 Å². The SMILES string of the molecule is CO.COc1cc(-c2cccc(Cl)c2CN2CC[C@](CC=O)(C(=O)NC3CCN(CC4=CCCCC4)CC3)C2)ccn1. The maximum absolute atomic E-state index is 13.7. The van der Waals surface area contributed by atoms with Crippen LogP contribution in [0.3, 0.4) is 0 Å². The summed E-state index contributed by atoms with van der Waals surface area (Å²) < 4.78 is 5.33. The number of pyridine rings is 1. The highest BCUT2D eigenvalue weighted by Gasteiger charge is 2.45. The fourth-order valence-corrected chi connectivity index (χ4v) is 6.74. The monoisotopic (exact) mass is 596 g/mol. The van der Waals surface area contributed by atoms with Crippen molar-refractivity contribution in [3.05, 3.63) is 58.8 Å². The van der Waals surface area contributed by atoms with Crippen LogP contribution in [0.5, 0.6) is 5.88 Å². The molecule has 0 saturated carbocycles. The molecule has 0 bridgehead atoms. The van der Waals surface area contributed by atoms with Gasteiger partial charge in [0.25, 0.3) is 0 Å². The molecule has 5 rings (SSSR count). The van der Waals surface area contributed by atoms with Gasteiger partial charge in [-0.2, -0.15) is 0 Å². The van der Waals surface area contributed by atoms with Crippen molar-refractivity contribution in [2.45, 2.75) is 64.0 Å². The Hall–Kier alpha value is -2.78. The predicted octanol–water partition coefficient (Wildman–Crippen LogP) is 4.88. The summed E-state index contributed by atoms with van der Waals surface area (Å²) in [5.74, 6) is 0.567. The van der Waals surface area contributed by atoms with E-state index in [1.165, 1.54) is 25.7 Å². The van der Waals surface area contributed by atoms with Crippen molar-refractivity contribution in [2.24, 2.45) is 5.41 Å². The van der Waals surface area contributed by atoms with Crippen molar-refractivity contribution < 1.29 is 19.4 Å². The number of hydrogen-bond donors (Lipinski definition) is 2. The van der Waals surface area contributed by atoms with E-state index in [1.807, 2.05) is 24.3 Å². The third-order valence-corrected chi connectivity index (χ3v) is 9.23. The highest BCUT2D eigenvalue weighted by atomic mass is 35.5. The summed E-state index contributed by atoms with van der Waals surface area (Å²) in [5, 5.41) is 11.0. The Morgan fingerprint density at radius 2 is 1.98 bits per heavy atom. The fourth-order valence-electron chi connectivity index (χ4n) is 6.51. The van der Waals surface area contributed by atoms with Crippen molar-refractivity contribution in [2.75, 3.05) is 46.9 Å².